The Labute approximate surface area is 224 Å². The first-order valence-corrected chi connectivity index (χ1v) is 14.4. The van der Waals surface area contributed by atoms with Gasteiger partial charge in [-0.3, -0.25) is 4.79 Å². The fourth-order valence-corrected chi connectivity index (χ4v) is 6.62. The number of amides is 1. The summed E-state index contributed by atoms with van der Waals surface area (Å²) in [4.78, 5) is 19.8. The molecule has 1 fully saturated rings. The number of nitrogens with one attached hydrogen (secondary N) is 1. The molecule has 1 aliphatic rings. The Kier molecular flexibility index (Phi) is 8.15. The average molecular weight is 567 g/mol. The molecule has 1 atom stereocenters. The first-order chi connectivity index (χ1) is 17.9. The van der Waals surface area contributed by atoms with E-state index in [9.17, 15) is 26.4 Å². The van der Waals surface area contributed by atoms with Crippen molar-refractivity contribution in [2.24, 2.45) is 0 Å². The molecule has 1 N–H and O–H groups in total. The van der Waals surface area contributed by atoms with Crippen molar-refractivity contribution >= 4 is 32.4 Å². The van der Waals surface area contributed by atoms with E-state index >= 15 is 0 Å². The number of rotatable bonds is 7. The normalized spacial score (nSPS) is 17.1. The fraction of sp³-hybridized carbons (Fsp3) is 0.385. The number of nitrogens with zero attached hydrogens (tertiary/aromatic N) is 3. The van der Waals surface area contributed by atoms with Crippen molar-refractivity contribution in [2.75, 3.05) is 24.5 Å². The van der Waals surface area contributed by atoms with Gasteiger partial charge in [-0.2, -0.15) is 17.5 Å². The smallest absolute Gasteiger partial charge is 0.351 e. The molecule has 1 unspecified atom stereocenters. The standard InChI is InChI=1S/C26H29F3N4O3S2/c1-17(2)20-6-10-22(11-7-20)38(35,36)33-13-12-32(25-31-18(3)16-37-25)15-23(33)24(34)30-14-19-4-8-21(9-5-19)26(27,28)29/h4-11,16-17,23H,12-15H2,1-3H3,(H,30,34). The van der Waals surface area contributed by atoms with Gasteiger partial charge in [0.15, 0.2) is 5.13 Å². The molecule has 3 aromatic rings. The van der Waals surface area contributed by atoms with Crippen molar-refractivity contribution in [1.29, 1.82) is 0 Å². The average Bonchev–Trinajstić information content (AvgIpc) is 3.33. The third kappa shape index (κ3) is 6.19. The van der Waals surface area contributed by atoms with Crippen LogP contribution in [0.2, 0.25) is 0 Å². The highest BCUT2D eigenvalue weighted by Crippen LogP contribution is 2.30. The number of carbonyl (C=O) groups is 1. The van der Waals surface area contributed by atoms with E-state index in [1.54, 1.807) is 24.3 Å². The molecule has 0 bridgehead atoms. The van der Waals surface area contributed by atoms with E-state index in [0.29, 0.717) is 17.2 Å². The van der Waals surface area contributed by atoms with Gasteiger partial charge < -0.3 is 10.2 Å². The minimum Gasteiger partial charge on any atom is -0.351 e. The van der Waals surface area contributed by atoms with Gasteiger partial charge in [0.2, 0.25) is 15.9 Å². The zero-order valence-electron chi connectivity index (χ0n) is 21.2. The van der Waals surface area contributed by atoms with Crippen molar-refractivity contribution in [2.45, 2.75) is 50.3 Å². The van der Waals surface area contributed by atoms with E-state index in [1.807, 2.05) is 31.1 Å². The second kappa shape index (κ2) is 11.0. The van der Waals surface area contributed by atoms with E-state index < -0.39 is 33.7 Å². The van der Waals surface area contributed by atoms with Crippen LogP contribution < -0.4 is 10.2 Å². The van der Waals surface area contributed by atoms with Gasteiger partial charge in [-0.05, 0) is 48.2 Å². The van der Waals surface area contributed by atoms with Crippen molar-refractivity contribution in [3.63, 3.8) is 0 Å². The van der Waals surface area contributed by atoms with Crippen LogP contribution in [0, 0.1) is 6.92 Å². The van der Waals surface area contributed by atoms with Gasteiger partial charge in [-0.15, -0.1) is 11.3 Å². The molecular formula is C26H29F3N4O3S2. The summed E-state index contributed by atoms with van der Waals surface area (Å²) in [5.74, 6) is -0.300. The number of alkyl halides is 3. The summed E-state index contributed by atoms with van der Waals surface area (Å²) in [5, 5.41) is 5.29. The van der Waals surface area contributed by atoms with E-state index in [2.05, 4.69) is 10.3 Å². The molecule has 2 aromatic carbocycles. The first kappa shape index (κ1) is 28.1. The first-order valence-electron chi connectivity index (χ1n) is 12.1. The van der Waals surface area contributed by atoms with Gasteiger partial charge in [0.1, 0.15) is 6.04 Å². The molecule has 1 saturated heterocycles. The lowest BCUT2D eigenvalue weighted by atomic mass is 10.0. The zero-order valence-corrected chi connectivity index (χ0v) is 22.8. The Morgan fingerprint density at radius 3 is 2.32 bits per heavy atom. The second-order valence-corrected chi connectivity index (χ2v) is 12.2. The number of piperazine rings is 1. The summed E-state index contributed by atoms with van der Waals surface area (Å²) in [7, 11) is -4.00. The Balaban J connectivity index is 1.57. The molecular weight excluding hydrogens is 537 g/mol. The minimum atomic E-state index is -4.45. The number of anilines is 1. The summed E-state index contributed by atoms with van der Waals surface area (Å²) in [6, 6.07) is 10.1. The second-order valence-electron chi connectivity index (χ2n) is 9.49. The van der Waals surface area contributed by atoms with Gasteiger partial charge in [-0.1, -0.05) is 38.1 Å². The fourth-order valence-electron chi connectivity index (χ4n) is 4.21. The van der Waals surface area contributed by atoms with Crippen LogP contribution >= 0.6 is 11.3 Å². The molecule has 0 saturated carbocycles. The van der Waals surface area contributed by atoms with E-state index in [0.717, 1.165) is 23.4 Å². The Hall–Kier alpha value is -2.96. The molecule has 4 rings (SSSR count). The van der Waals surface area contributed by atoms with E-state index in [4.69, 9.17) is 0 Å². The molecule has 1 aliphatic heterocycles. The van der Waals surface area contributed by atoms with Crippen LogP contribution in [0.4, 0.5) is 18.3 Å². The lowest BCUT2D eigenvalue weighted by Crippen LogP contribution is -2.60. The van der Waals surface area contributed by atoms with E-state index in [1.165, 1.54) is 27.8 Å². The van der Waals surface area contributed by atoms with Crippen LogP contribution in [0.15, 0.2) is 58.8 Å². The van der Waals surface area contributed by atoms with Crippen LogP contribution in [0.5, 0.6) is 0 Å². The molecule has 1 amide bonds. The maximum atomic E-state index is 13.6. The number of hydrogen-bond acceptors (Lipinski definition) is 6. The number of carbonyl (C=O) groups excluding carboxylic acids is 1. The van der Waals surface area contributed by atoms with E-state index in [-0.39, 0.29) is 30.4 Å². The molecule has 0 aliphatic carbocycles. The number of aryl methyl sites for hydroxylation is 1. The molecule has 0 spiro atoms. The van der Waals surface area contributed by atoms with Gasteiger partial charge >= 0.3 is 6.18 Å². The highest BCUT2D eigenvalue weighted by molar-refractivity contribution is 7.89. The quantitative estimate of drug-likeness (QED) is 0.445. The Bertz CT molecular complexity index is 1370. The molecule has 0 radical (unpaired) electrons. The predicted octanol–water partition coefficient (Wildman–Crippen LogP) is 4.79. The summed E-state index contributed by atoms with van der Waals surface area (Å²) >= 11 is 1.42. The summed E-state index contributed by atoms with van der Waals surface area (Å²) < 4.78 is 67.1. The highest BCUT2D eigenvalue weighted by atomic mass is 32.2. The molecule has 204 valence electrons. The number of aromatic nitrogens is 1. The molecule has 7 nitrogen and oxygen atoms in total. The third-order valence-corrected chi connectivity index (χ3v) is 9.35. The topological polar surface area (TPSA) is 82.6 Å². The number of benzene rings is 2. The number of halogens is 3. The summed E-state index contributed by atoms with van der Waals surface area (Å²) in [6.07, 6.45) is -4.45. The summed E-state index contributed by atoms with van der Waals surface area (Å²) in [6.45, 7) is 6.37. The number of sulfonamides is 1. The minimum absolute atomic E-state index is 0.0409. The number of hydrogen-bond donors (Lipinski definition) is 1. The third-order valence-electron chi connectivity index (χ3n) is 6.41. The van der Waals surface area contributed by atoms with Crippen LogP contribution in [0.25, 0.3) is 0 Å². The van der Waals surface area contributed by atoms with Crippen molar-refractivity contribution in [3.05, 3.63) is 76.3 Å². The number of thiazole rings is 1. The maximum absolute atomic E-state index is 13.6. The van der Waals surface area contributed by atoms with Crippen molar-refractivity contribution in [1.82, 2.24) is 14.6 Å². The van der Waals surface area contributed by atoms with Crippen LogP contribution in [-0.4, -0.2) is 49.3 Å². The van der Waals surface area contributed by atoms with Gasteiger partial charge in [0.25, 0.3) is 0 Å². The van der Waals surface area contributed by atoms with Crippen LogP contribution in [0.1, 0.15) is 42.1 Å². The van der Waals surface area contributed by atoms with Gasteiger partial charge in [0, 0.05) is 31.6 Å². The zero-order chi connectivity index (χ0) is 27.7. The van der Waals surface area contributed by atoms with Crippen molar-refractivity contribution in [3.8, 4) is 0 Å². The highest BCUT2D eigenvalue weighted by Gasteiger charge is 2.41. The Morgan fingerprint density at radius 1 is 1.11 bits per heavy atom. The van der Waals surface area contributed by atoms with Gasteiger partial charge in [-0.25, -0.2) is 13.4 Å². The Morgan fingerprint density at radius 2 is 1.76 bits per heavy atom. The SMILES string of the molecule is Cc1csc(N2CCN(S(=O)(=O)c3ccc(C(C)C)cc3)C(C(=O)NCc3ccc(C(F)(F)F)cc3)C2)n1. The summed E-state index contributed by atoms with van der Waals surface area (Å²) in [5.41, 5.74) is 1.51. The maximum Gasteiger partial charge on any atom is 0.416 e. The molecule has 2 heterocycles. The lowest BCUT2D eigenvalue weighted by molar-refractivity contribution is -0.137. The largest absolute Gasteiger partial charge is 0.416 e. The molecule has 12 heteroatoms. The van der Waals surface area contributed by atoms with Gasteiger partial charge in [0.05, 0.1) is 16.2 Å². The van der Waals surface area contributed by atoms with Crippen molar-refractivity contribution < 1.29 is 26.4 Å². The lowest BCUT2D eigenvalue weighted by Gasteiger charge is -2.39. The predicted molar refractivity (Wildman–Crippen MR) is 141 cm³/mol. The van der Waals surface area contributed by atoms with Crippen LogP contribution in [-0.2, 0) is 27.5 Å². The molecule has 38 heavy (non-hydrogen) atoms. The molecule has 1 aromatic heterocycles. The van der Waals surface area contributed by atoms with Crippen LogP contribution in [0.3, 0.4) is 0 Å². The monoisotopic (exact) mass is 566 g/mol.